The number of para-hydroxylation sites is 1. The Bertz CT molecular complexity index is 841. The van der Waals surface area contributed by atoms with E-state index in [2.05, 4.69) is 18.8 Å². The molecule has 0 fully saturated rings. The monoisotopic (exact) mass is 337 g/mol. The topological polar surface area (TPSA) is 75.8 Å². The van der Waals surface area contributed by atoms with Crippen LogP contribution in [0.5, 0.6) is 0 Å². The molecular weight excluding hydrogens is 318 g/mol. The number of non-ortho nitro benzene ring substituents is 1. The Balaban J connectivity index is 1.95. The van der Waals surface area contributed by atoms with Crippen molar-refractivity contribution < 1.29 is 9.72 Å². The van der Waals surface area contributed by atoms with Gasteiger partial charge in [0.15, 0.2) is 0 Å². The van der Waals surface area contributed by atoms with Gasteiger partial charge in [-0.05, 0) is 30.5 Å². The molecule has 3 rings (SSSR count). The van der Waals surface area contributed by atoms with Gasteiger partial charge < -0.3 is 4.90 Å². The van der Waals surface area contributed by atoms with Crippen molar-refractivity contribution in [1.29, 1.82) is 0 Å². The van der Waals surface area contributed by atoms with E-state index in [1.807, 2.05) is 24.3 Å². The van der Waals surface area contributed by atoms with Crippen LogP contribution in [0.3, 0.4) is 0 Å². The number of nitro groups is 1. The lowest BCUT2D eigenvalue weighted by molar-refractivity contribution is -0.384. The molecule has 2 aromatic rings. The molecule has 0 bridgehead atoms. The molecule has 1 amide bonds. The number of hydrogen-bond acceptors (Lipinski definition) is 4. The fourth-order valence-electron chi connectivity index (χ4n) is 2.76. The summed E-state index contributed by atoms with van der Waals surface area (Å²) in [5.74, 6) is 0.371. The third-order valence-corrected chi connectivity index (χ3v) is 4.13. The summed E-state index contributed by atoms with van der Waals surface area (Å²) in [5.41, 5.74) is 2.58. The number of anilines is 1. The summed E-state index contributed by atoms with van der Waals surface area (Å²) in [6, 6.07) is 13.5. The van der Waals surface area contributed by atoms with E-state index in [-0.39, 0.29) is 11.6 Å². The van der Waals surface area contributed by atoms with Crippen LogP contribution >= 0.6 is 0 Å². The highest BCUT2D eigenvalue weighted by molar-refractivity contribution is 6.54. The van der Waals surface area contributed by atoms with Gasteiger partial charge in [0.25, 0.3) is 11.6 Å². The van der Waals surface area contributed by atoms with Gasteiger partial charge >= 0.3 is 0 Å². The Kier molecular flexibility index (Phi) is 4.61. The second-order valence-electron chi connectivity index (χ2n) is 6.39. The zero-order chi connectivity index (χ0) is 18.0. The number of nitro benzene ring substituents is 1. The summed E-state index contributed by atoms with van der Waals surface area (Å²) >= 11 is 0. The first-order valence-electron chi connectivity index (χ1n) is 8.22. The minimum atomic E-state index is -0.458. The average Bonchev–Trinajstić information content (AvgIpc) is 2.85. The van der Waals surface area contributed by atoms with Crippen LogP contribution in [0.15, 0.2) is 53.5 Å². The third-order valence-electron chi connectivity index (χ3n) is 4.13. The molecule has 128 valence electrons. The van der Waals surface area contributed by atoms with Crippen molar-refractivity contribution in [3.05, 3.63) is 64.2 Å². The number of fused-ring (bicyclic) bond motifs is 1. The van der Waals surface area contributed by atoms with E-state index in [4.69, 9.17) is 0 Å². The van der Waals surface area contributed by atoms with E-state index in [0.717, 1.165) is 17.7 Å². The van der Waals surface area contributed by atoms with Crippen molar-refractivity contribution in [3.63, 3.8) is 0 Å². The summed E-state index contributed by atoms with van der Waals surface area (Å²) in [6.45, 7) is 4.89. The van der Waals surface area contributed by atoms with Crippen LogP contribution in [0, 0.1) is 16.0 Å². The lowest BCUT2D eigenvalue weighted by atomic mass is 10.1. The van der Waals surface area contributed by atoms with E-state index < -0.39 is 4.92 Å². The number of carbonyl (C=O) groups is 1. The molecule has 0 aliphatic carbocycles. The van der Waals surface area contributed by atoms with Crippen LogP contribution in [0.2, 0.25) is 0 Å². The standard InChI is InChI=1S/C19H19N3O3/c1-13(2)11-12-21-17-6-4-3-5-16(17)18(19(21)23)20-14-7-9-15(10-8-14)22(24)25/h3-10,13H,11-12H2,1-2H3. The molecular formula is C19H19N3O3. The molecule has 0 saturated carbocycles. The highest BCUT2D eigenvalue weighted by Gasteiger charge is 2.33. The second-order valence-corrected chi connectivity index (χ2v) is 6.39. The molecule has 2 aromatic carbocycles. The van der Waals surface area contributed by atoms with E-state index >= 15 is 0 Å². The first-order valence-corrected chi connectivity index (χ1v) is 8.22. The predicted octanol–water partition coefficient (Wildman–Crippen LogP) is 4.11. The molecule has 25 heavy (non-hydrogen) atoms. The maximum absolute atomic E-state index is 12.8. The Hall–Kier alpha value is -3.02. The van der Waals surface area contributed by atoms with Crippen LogP contribution in [0.1, 0.15) is 25.8 Å². The maximum atomic E-state index is 12.8. The van der Waals surface area contributed by atoms with Gasteiger partial charge in [-0.1, -0.05) is 32.0 Å². The van der Waals surface area contributed by atoms with E-state index in [0.29, 0.717) is 23.9 Å². The first kappa shape index (κ1) is 16.8. The Morgan fingerprint density at radius 1 is 1.12 bits per heavy atom. The molecule has 6 heteroatoms. The zero-order valence-electron chi connectivity index (χ0n) is 14.2. The quantitative estimate of drug-likeness (QED) is 0.608. The molecule has 0 unspecified atom stereocenters. The largest absolute Gasteiger partial charge is 0.306 e. The molecule has 0 saturated heterocycles. The van der Waals surface area contributed by atoms with Gasteiger partial charge in [-0.2, -0.15) is 0 Å². The minimum absolute atomic E-state index is 0.000610. The van der Waals surface area contributed by atoms with E-state index in [1.54, 1.807) is 17.0 Å². The van der Waals surface area contributed by atoms with Crippen LogP contribution in [-0.2, 0) is 4.79 Å². The average molecular weight is 337 g/mol. The lowest BCUT2D eigenvalue weighted by Gasteiger charge is -2.17. The minimum Gasteiger partial charge on any atom is -0.306 e. The first-order chi connectivity index (χ1) is 12.0. The number of benzene rings is 2. The molecule has 0 atom stereocenters. The van der Waals surface area contributed by atoms with Crippen LogP contribution in [0.4, 0.5) is 17.1 Å². The van der Waals surface area contributed by atoms with Gasteiger partial charge in [-0.3, -0.25) is 14.9 Å². The number of amides is 1. The van der Waals surface area contributed by atoms with Gasteiger partial charge in [0.05, 0.1) is 16.3 Å². The number of carbonyl (C=O) groups excluding carboxylic acids is 1. The fourth-order valence-corrected chi connectivity index (χ4v) is 2.76. The summed E-state index contributed by atoms with van der Waals surface area (Å²) in [7, 11) is 0. The predicted molar refractivity (Wildman–Crippen MR) is 97.5 cm³/mol. The van der Waals surface area contributed by atoms with Crippen molar-refractivity contribution >= 4 is 28.7 Å². The third kappa shape index (κ3) is 3.42. The van der Waals surface area contributed by atoms with Crippen molar-refractivity contribution in [3.8, 4) is 0 Å². The normalized spacial score (nSPS) is 15.1. The van der Waals surface area contributed by atoms with Gasteiger partial charge in [0.2, 0.25) is 0 Å². The summed E-state index contributed by atoms with van der Waals surface area (Å²) < 4.78 is 0. The molecule has 6 nitrogen and oxygen atoms in total. The number of aliphatic imine (C=N–C) groups is 1. The van der Waals surface area contributed by atoms with Gasteiger partial charge in [0, 0.05) is 24.2 Å². The van der Waals surface area contributed by atoms with Crippen molar-refractivity contribution in [2.24, 2.45) is 10.9 Å². The zero-order valence-corrected chi connectivity index (χ0v) is 14.2. The van der Waals surface area contributed by atoms with Crippen LogP contribution in [-0.4, -0.2) is 23.1 Å². The fraction of sp³-hybridized carbons (Fsp3) is 0.263. The Labute approximate surface area is 146 Å². The number of nitrogens with zero attached hydrogens (tertiary/aromatic N) is 3. The molecule has 0 aromatic heterocycles. The van der Waals surface area contributed by atoms with E-state index in [9.17, 15) is 14.9 Å². The molecule has 1 aliphatic rings. The number of rotatable bonds is 5. The van der Waals surface area contributed by atoms with Gasteiger partial charge in [0.1, 0.15) is 5.71 Å². The lowest BCUT2D eigenvalue weighted by Crippen LogP contribution is -2.31. The molecule has 0 N–H and O–H groups in total. The van der Waals surface area contributed by atoms with Crippen molar-refractivity contribution in [2.75, 3.05) is 11.4 Å². The molecule has 1 aliphatic heterocycles. The molecule has 0 spiro atoms. The van der Waals surface area contributed by atoms with Crippen molar-refractivity contribution in [1.82, 2.24) is 0 Å². The van der Waals surface area contributed by atoms with Crippen molar-refractivity contribution in [2.45, 2.75) is 20.3 Å². The maximum Gasteiger partial charge on any atom is 0.277 e. The highest BCUT2D eigenvalue weighted by atomic mass is 16.6. The highest BCUT2D eigenvalue weighted by Crippen LogP contribution is 2.31. The van der Waals surface area contributed by atoms with Gasteiger partial charge in [-0.25, -0.2) is 4.99 Å². The van der Waals surface area contributed by atoms with Crippen LogP contribution < -0.4 is 4.90 Å². The van der Waals surface area contributed by atoms with E-state index in [1.165, 1.54) is 12.1 Å². The second kappa shape index (κ2) is 6.84. The van der Waals surface area contributed by atoms with Crippen LogP contribution in [0.25, 0.3) is 0 Å². The van der Waals surface area contributed by atoms with Gasteiger partial charge in [-0.15, -0.1) is 0 Å². The number of hydrogen-bond donors (Lipinski definition) is 0. The smallest absolute Gasteiger partial charge is 0.277 e. The summed E-state index contributed by atoms with van der Waals surface area (Å²) in [5, 5.41) is 10.8. The Morgan fingerprint density at radius 2 is 1.80 bits per heavy atom. The molecule has 1 heterocycles. The molecule has 0 radical (unpaired) electrons. The summed E-state index contributed by atoms with van der Waals surface area (Å²) in [4.78, 5) is 29.4. The SMILES string of the molecule is CC(C)CCN1C(=O)C(=Nc2ccc([N+](=O)[O-])cc2)c2ccccc21. The Morgan fingerprint density at radius 3 is 2.44 bits per heavy atom. The summed E-state index contributed by atoms with van der Waals surface area (Å²) in [6.07, 6.45) is 0.908.